The first-order chi connectivity index (χ1) is 8.97. The molecule has 0 spiro atoms. The lowest BCUT2D eigenvalue weighted by molar-refractivity contribution is -0.137. The van der Waals surface area contributed by atoms with E-state index in [-0.39, 0.29) is 0 Å². The lowest BCUT2D eigenvalue weighted by Crippen LogP contribution is -2.44. The molecule has 2 unspecified atom stereocenters. The van der Waals surface area contributed by atoms with Gasteiger partial charge >= 0.3 is 6.18 Å². The summed E-state index contributed by atoms with van der Waals surface area (Å²) >= 11 is 0. The van der Waals surface area contributed by atoms with Gasteiger partial charge in [-0.05, 0) is 37.4 Å². The molecule has 1 aromatic heterocycles. The molecule has 0 bridgehead atoms. The van der Waals surface area contributed by atoms with Gasteiger partial charge in [0.2, 0.25) is 0 Å². The van der Waals surface area contributed by atoms with E-state index in [1.54, 1.807) is 0 Å². The van der Waals surface area contributed by atoms with Crippen molar-refractivity contribution in [3.8, 4) is 0 Å². The Morgan fingerprint density at radius 3 is 2.79 bits per heavy atom. The summed E-state index contributed by atoms with van der Waals surface area (Å²) in [6.07, 6.45) is -1.11. The highest BCUT2D eigenvalue weighted by molar-refractivity contribution is 5.36. The maximum Gasteiger partial charge on any atom is 0.417 e. The van der Waals surface area contributed by atoms with E-state index in [1.165, 1.54) is 18.9 Å². The minimum Gasteiger partial charge on any atom is -0.369 e. The predicted molar refractivity (Wildman–Crippen MR) is 67.9 cm³/mol. The molecule has 1 aromatic rings. The van der Waals surface area contributed by atoms with Crippen LogP contribution in [0.15, 0.2) is 18.3 Å². The van der Waals surface area contributed by atoms with Crippen LogP contribution in [0.25, 0.3) is 0 Å². The second kappa shape index (κ2) is 5.77. The van der Waals surface area contributed by atoms with E-state index in [4.69, 9.17) is 0 Å². The fourth-order valence-corrected chi connectivity index (χ4v) is 2.27. The van der Waals surface area contributed by atoms with Crippen molar-refractivity contribution in [2.45, 2.75) is 32.0 Å². The first-order valence-electron chi connectivity index (χ1n) is 6.47. The van der Waals surface area contributed by atoms with Gasteiger partial charge in [-0.3, -0.25) is 0 Å². The molecule has 0 aromatic carbocycles. The van der Waals surface area contributed by atoms with E-state index in [9.17, 15) is 13.2 Å². The fourth-order valence-electron chi connectivity index (χ4n) is 2.27. The Hall–Kier alpha value is -1.30. The maximum absolute atomic E-state index is 12.4. The Kier molecular flexibility index (Phi) is 4.29. The number of nitrogens with one attached hydrogen (secondary N) is 2. The van der Waals surface area contributed by atoms with E-state index >= 15 is 0 Å². The Bertz CT molecular complexity index is 403. The number of anilines is 1. The zero-order chi connectivity index (χ0) is 13.9. The second-order valence-corrected chi connectivity index (χ2v) is 4.99. The number of nitrogens with zero attached hydrogens (tertiary/aromatic N) is 1. The normalized spacial score (nSPS) is 24.2. The Morgan fingerprint density at radius 1 is 1.42 bits per heavy atom. The molecule has 2 N–H and O–H groups in total. The fraction of sp³-hybridized carbons (Fsp3) is 0.615. The molecule has 0 saturated carbocycles. The van der Waals surface area contributed by atoms with Crippen molar-refractivity contribution in [1.29, 1.82) is 0 Å². The van der Waals surface area contributed by atoms with Crippen LogP contribution in [0.1, 0.15) is 25.3 Å². The smallest absolute Gasteiger partial charge is 0.369 e. The van der Waals surface area contributed by atoms with Gasteiger partial charge in [0.15, 0.2) is 0 Å². The van der Waals surface area contributed by atoms with Gasteiger partial charge in [0.25, 0.3) is 0 Å². The summed E-state index contributed by atoms with van der Waals surface area (Å²) in [6.45, 7) is 3.86. The molecular weight excluding hydrogens is 255 g/mol. The second-order valence-electron chi connectivity index (χ2n) is 4.99. The van der Waals surface area contributed by atoms with Crippen LogP contribution in [0.5, 0.6) is 0 Å². The molecule has 106 valence electrons. The van der Waals surface area contributed by atoms with Crippen LogP contribution in [-0.4, -0.2) is 24.1 Å². The highest BCUT2D eigenvalue weighted by Crippen LogP contribution is 2.28. The number of rotatable bonds is 3. The SMILES string of the molecule is CC1CCCNC1CNc1ccc(C(F)(F)F)cn1. The topological polar surface area (TPSA) is 37.0 Å². The minimum atomic E-state index is -4.33. The zero-order valence-corrected chi connectivity index (χ0v) is 10.8. The average Bonchev–Trinajstić information content (AvgIpc) is 2.37. The van der Waals surface area contributed by atoms with Gasteiger partial charge in [-0.2, -0.15) is 13.2 Å². The molecule has 2 atom stereocenters. The molecule has 1 fully saturated rings. The zero-order valence-electron chi connectivity index (χ0n) is 10.8. The number of aromatic nitrogens is 1. The molecule has 0 radical (unpaired) electrons. The van der Waals surface area contributed by atoms with Gasteiger partial charge in [0.1, 0.15) is 5.82 Å². The highest BCUT2D eigenvalue weighted by atomic mass is 19.4. The van der Waals surface area contributed by atoms with E-state index in [1.807, 2.05) is 0 Å². The number of hydrogen-bond donors (Lipinski definition) is 2. The van der Waals surface area contributed by atoms with Gasteiger partial charge in [0.05, 0.1) is 5.56 Å². The number of pyridine rings is 1. The van der Waals surface area contributed by atoms with Gasteiger partial charge in [-0.15, -0.1) is 0 Å². The third kappa shape index (κ3) is 3.83. The van der Waals surface area contributed by atoms with Crippen LogP contribution in [0.2, 0.25) is 0 Å². The molecule has 3 nitrogen and oxygen atoms in total. The van der Waals surface area contributed by atoms with Crippen molar-refractivity contribution in [3.63, 3.8) is 0 Å². The van der Waals surface area contributed by atoms with Crippen molar-refractivity contribution in [3.05, 3.63) is 23.9 Å². The van der Waals surface area contributed by atoms with E-state index in [0.717, 1.165) is 18.8 Å². The predicted octanol–water partition coefficient (Wildman–Crippen LogP) is 2.90. The molecule has 1 saturated heterocycles. The van der Waals surface area contributed by atoms with E-state index in [0.29, 0.717) is 24.3 Å². The lowest BCUT2D eigenvalue weighted by Gasteiger charge is -2.30. The summed E-state index contributed by atoms with van der Waals surface area (Å²) in [5.41, 5.74) is -0.720. The quantitative estimate of drug-likeness (QED) is 0.889. The van der Waals surface area contributed by atoms with E-state index in [2.05, 4.69) is 22.5 Å². The number of hydrogen-bond acceptors (Lipinski definition) is 3. The number of alkyl halides is 3. The molecule has 2 rings (SSSR count). The van der Waals surface area contributed by atoms with Gasteiger partial charge in [-0.1, -0.05) is 6.92 Å². The van der Waals surface area contributed by atoms with Crippen LogP contribution >= 0.6 is 0 Å². The summed E-state index contributed by atoms with van der Waals surface area (Å²) in [5, 5.41) is 6.49. The molecule has 19 heavy (non-hydrogen) atoms. The standard InChI is InChI=1S/C13H18F3N3/c1-9-3-2-6-17-11(9)8-19-12-5-4-10(7-18-12)13(14,15)16/h4-5,7,9,11,17H,2-3,6,8H2,1H3,(H,18,19). The monoisotopic (exact) mass is 273 g/mol. The van der Waals surface area contributed by atoms with Gasteiger partial charge in [0, 0.05) is 18.8 Å². The molecular formula is C13H18F3N3. The lowest BCUT2D eigenvalue weighted by atomic mass is 9.93. The molecule has 1 aliphatic heterocycles. The van der Waals surface area contributed by atoms with Gasteiger partial charge < -0.3 is 10.6 Å². The van der Waals surface area contributed by atoms with Crippen molar-refractivity contribution in [2.75, 3.05) is 18.4 Å². The number of piperidine rings is 1. The van der Waals surface area contributed by atoms with Crippen molar-refractivity contribution in [2.24, 2.45) is 5.92 Å². The summed E-state index contributed by atoms with van der Waals surface area (Å²) in [6, 6.07) is 2.77. The van der Waals surface area contributed by atoms with Crippen LogP contribution in [0.3, 0.4) is 0 Å². The summed E-state index contributed by atoms with van der Waals surface area (Å²) in [5.74, 6) is 1.04. The largest absolute Gasteiger partial charge is 0.417 e. The highest BCUT2D eigenvalue weighted by Gasteiger charge is 2.30. The maximum atomic E-state index is 12.4. The molecule has 0 aliphatic carbocycles. The minimum absolute atomic E-state index is 0.345. The third-order valence-corrected chi connectivity index (χ3v) is 3.52. The van der Waals surface area contributed by atoms with Crippen LogP contribution < -0.4 is 10.6 Å². The molecule has 2 heterocycles. The van der Waals surface area contributed by atoms with Crippen molar-refractivity contribution >= 4 is 5.82 Å². The van der Waals surface area contributed by atoms with Crippen molar-refractivity contribution in [1.82, 2.24) is 10.3 Å². The Morgan fingerprint density at radius 2 is 2.21 bits per heavy atom. The summed E-state index contributed by atoms with van der Waals surface area (Å²) < 4.78 is 37.1. The first kappa shape index (κ1) is 14.1. The molecule has 6 heteroatoms. The Labute approximate surface area is 110 Å². The summed E-state index contributed by atoms with van der Waals surface area (Å²) in [7, 11) is 0. The van der Waals surface area contributed by atoms with Crippen LogP contribution in [0.4, 0.5) is 19.0 Å². The average molecular weight is 273 g/mol. The molecule has 1 aliphatic rings. The number of halogens is 3. The van der Waals surface area contributed by atoms with Crippen molar-refractivity contribution < 1.29 is 13.2 Å². The Balaban J connectivity index is 1.89. The third-order valence-electron chi connectivity index (χ3n) is 3.52. The van der Waals surface area contributed by atoms with Gasteiger partial charge in [-0.25, -0.2) is 4.98 Å². The first-order valence-corrected chi connectivity index (χ1v) is 6.47. The van der Waals surface area contributed by atoms with Crippen LogP contribution in [-0.2, 0) is 6.18 Å². The van der Waals surface area contributed by atoms with Crippen LogP contribution in [0, 0.1) is 5.92 Å². The van der Waals surface area contributed by atoms with E-state index < -0.39 is 11.7 Å². The molecule has 0 amide bonds. The summed E-state index contributed by atoms with van der Waals surface area (Å²) in [4.78, 5) is 3.80.